The summed E-state index contributed by atoms with van der Waals surface area (Å²) in [7, 11) is 0. The summed E-state index contributed by atoms with van der Waals surface area (Å²) in [5.41, 5.74) is -1.43. The highest BCUT2D eigenvalue weighted by Gasteiger charge is 2.22. The number of carbonyl (C=O) groups is 1. The molecule has 0 radical (unpaired) electrons. The van der Waals surface area contributed by atoms with Gasteiger partial charge in [0.05, 0.1) is 4.92 Å². The molecule has 8 heteroatoms. The molecule has 1 aromatic carbocycles. The monoisotopic (exact) mass is 235 g/mol. The topological polar surface area (TPSA) is 69.4 Å². The molecule has 1 rings (SSSR count). The number of hydrogen-bond donors (Lipinski definition) is 0. The molecule has 0 amide bonds. The lowest BCUT2D eigenvalue weighted by atomic mass is 10.2. The number of benzene rings is 1. The summed E-state index contributed by atoms with van der Waals surface area (Å²) >= 11 is 0. The Balaban J connectivity index is 3.31. The summed E-state index contributed by atoms with van der Waals surface area (Å²) in [5, 5.41) is 10.3. The minimum Gasteiger partial charge on any atom is -0.431 e. The molecule has 16 heavy (non-hydrogen) atoms. The van der Waals surface area contributed by atoms with E-state index in [2.05, 4.69) is 4.74 Å². The van der Waals surface area contributed by atoms with E-state index in [-0.39, 0.29) is 11.8 Å². The highest BCUT2D eigenvalue weighted by Crippen LogP contribution is 2.29. The summed E-state index contributed by atoms with van der Waals surface area (Å²) in [6.45, 7) is -3.34. The number of nitro groups is 1. The van der Waals surface area contributed by atoms with Crippen LogP contribution in [0.3, 0.4) is 0 Å². The molecule has 0 aromatic heterocycles. The van der Waals surface area contributed by atoms with Crippen LogP contribution in [0.5, 0.6) is 5.75 Å². The van der Waals surface area contributed by atoms with Crippen molar-refractivity contribution in [2.75, 3.05) is 0 Å². The maximum absolute atomic E-state index is 13.2. The van der Waals surface area contributed by atoms with Gasteiger partial charge in [-0.25, -0.2) is 0 Å². The number of nitrogens with zero attached hydrogens (tertiary/aromatic N) is 1. The Hall–Kier alpha value is -2.12. The van der Waals surface area contributed by atoms with Gasteiger partial charge in [0, 0.05) is 11.6 Å². The van der Waals surface area contributed by atoms with E-state index in [0.717, 1.165) is 0 Å². The Kier molecular flexibility index (Phi) is 3.44. The Labute approximate surface area is 86.6 Å². The van der Waals surface area contributed by atoms with E-state index in [1.165, 1.54) is 0 Å². The molecule has 5 nitrogen and oxygen atoms in total. The number of rotatable bonds is 4. The second kappa shape index (κ2) is 4.60. The van der Waals surface area contributed by atoms with Crippen molar-refractivity contribution in [2.24, 2.45) is 0 Å². The second-order valence-corrected chi connectivity index (χ2v) is 2.61. The summed E-state index contributed by atoms with van der Waals surface area (Å²) in [4.78, 5) is 19.5. The van der Waals surface area contributed by atoms with E-state index in [1.54, 1.807) is 0 Å². The van der Waals surface area contributed by atoms with Crippen molar-refractivity contribution in [3.05, 3.63) is 33.6 Å². The highest BCUT2D eigenvalue weighted by molar-refractivity contribution is 5.77. The van der Waals surface area contributed by atoms with Gasteiger partial charge < -0.3 is 4.74 Å². The van der Waals surface area contributed by atoms with Crippen molar-refractivity contribution in [3.8, 4) is 5.75 Å². The standard InChI is InChI=1S/C8H4F3NO4/c9-7-5(12(14)15)1-4(3-13)2-6(7)16-8(10)11/h1-3,8H. The largest absolute Gasteiger partial charge is 0.431 e. The van der Waals surface area contributed by atoms with Crippen LogP contribution in [0, 0.1) is 15.9 Å². The molecule has 0 heterocycles. The number of aldehydes is 1. The van der Waals surface area contributed by atoms with Crippen LogP contribution in [0.1, 0.15) is 10.4 Å². The molecule has 0 aliphatic carbocycles. The van der Waals surface area contributed by atoms with Gasteiger partial charge in [0.2, 0.25) is 5.82 Å². The van der Waals surface area contributed by atoms with Crippen molar-refractivity contribution in [3.63, 3.8) is 0 Å². The average Bonchev–Trinajstić information content (AvgIpc) is 2.19. The van der Waals surface area contributed by atoms with Gasteiger partial charge in [-0.05, 0) is 6.07 Å². The summed E-state index contributed by atoms with van der Waals surface area (Å²) in [5.74, 6) is -2.58. The van der Waals surface area contributed by atoms with Crippen LogP contribution in [-0.4, -0.2) is 17.8 Å². The van der Waals surface area contributed by atoms with Gasteiger partial charge in [-0.1, -0.05) is 0 Å². The smallest absolute Gasteiger partial charge is 0.387 e. The van der Waals surface area contributed by atoms with Crippen molar-refractivity contribution < 1.29 is 27.6 Å². The van der Waals surface area contributed by atoms with E-state index in [4.69, 9.17) is 0 Å². The van der Waals surface area contributed by atoms with E-state index < -0.39 is 28.8 Å². The molecule has 0 saturated carbocycles. The summed E-state index contributed by atoms with van der Waals surface area (Å²) in [6.07, 6.45) is 0.158. The zero-order valence-electron chi connectivity index (χ0n) is 7.52. The molecule has 1 aromatic rings. The first-order valence-corrected chi connectivity index (χ1v) is 3.83. The third kappa shape index (κ3) is 2.47. The van der Waals surface area contributed by atoms with E-state index in [9.17, 15) is 28.1 Å². The number of carbonyl (C=O) groups excluding carboxylic acids is 1. The van der Waals surface area contributed by atoms with Gasteiger partial charge >= 0.3 is 12.3 Å². The van der Waals surface area contributed by atoms with E-state index in [0.29, 0.717) is 12.1 Å². The maximum atomic E-state index is 13.2. The van der Waals surface area contributed by atoms with Gasteiger partial charge in [-0.3, -0.25) is 14.9 Å². The van der Waals surface area contributed by atoms with Crippen LogP contribution in [0.25, 0.3) is 0 Å². The molecule has 86 valence electrons. The molecule has 0 saturated heterocycles. The number of alkyl halides is 2. The van der Waals surface area contributed by atoms with Crippen molar-refractivity contribution >= 4 is 12.0 Å². The van der Waals surface area contributed by atoms with Gasteiger partial charge in [-0.2, -0.15) is 13.2 Å². The van der Waals surface area contributed by atoms with E-state index >= 15 is 0 Å². The average molecular weight is 235 g/mol. The Bertz CT molecular complexity index is 436. The zero-order chi connectivity index (χ0) is 12.3. The first-order valence-electron chi connectivity index (χ1n) is 3.83. The molecule has 0 N–H and O–H groups in total. The summed E-state index contributed by atoms with van der Waals surface area (Å²) < 4.78 is 40.5. The van der Waals surface area contributed by atoms with Crippen molar-refractivity contribution in [2.45, 2.75) is 6.61 Å². The quantitative estimate of drug-likeness (QED) is 0.455. The fraction of sp³-hybridized carbons (Fsp3) is 0.125. The number of ether oxygens (including phenoxy) is 1. The molecular weight excluding hydrogens is 231 g/mol. The minimum atomic E-state index is -3.34. The Morgan fingerprint density at radius 2 is 2.06 bits per heavy atom. The van der Waals surface area contributed by atoms with Crippen LogP contribution in [0.15, 0.2) is 12.1 Å². The number of hydrogen-bond acceptors (Lipinski definition) is 4. The molecule has 0 unspecified atom stereocenters. The maximum Gasteiger partial charge on any atom is 0.387 e. The van der Waals surface area contributed by atoms with Gasteiger partial charge in [-0.15, -0.1) is 0 Å². The second-order valence-electron chi connectivity index (χ2n) is 2.61. The zero-order valence-corrected chi connectivity index (χ0v) is 7.52. The van der Waals surface area contributed by atoms with Crippen molar-refractivity contribution in [1.29, 1.82) is 0 Å². The van der Waals surface area contributed by atoms with E-state index in [1.807, 2.05) is 0 Å². The van der Waals surface area contributed by atoms with Gasteiger partial charge in [0.15, 0.2) is 5.75 Å². The van der Waals surface area contributed by atoms with Gasteiger partial charge in [0.25, 0.3) is 0 Å². The number of nitro benzene ring substituents is 1. The normalized spacial score (nSPS) is 10.2. The lowest BCUT2D eigenvalue weighted by Gasteiger charge is -2.06. The predicted octanol–water partition coefficient (Wildman–Crippen LogP) is 2.15. The third-order valence-corrected chi connectivity index (χ3v) is 1.59. The molecule has 0 spiro atoms. The lowest BCUT2D eigenvalue weighted by molar-refractivity contribution is -0.387. The first-order chi connectivity index (χ1) is 7.45. The Morgan fingerprint density at radius 3 is 2.50 bits per heavy atom. The fourth-order valence-electron chi connectivity index (χ4n) is 0.986. The van der Waals surface area contributed by atoms with Crippen LogP contribution < -0.4 is 4.74 Å². The third-order valence-electron chi connectivity index (χ3n) is 1.59. The molecular formula is C8H4F3NO4. The highest BCUT2D eigenvalue weighted by atomic mass is 19.3. The minimum absolute atomic E-state index is 0.158. The summed E-state index contributed by atoms with van der Waals surface area (Å²) in [6, 6.07) is 1.28. The van der Waals surface area contributed by atoms with Crippen molar-refractivity contribution in [1.82, 2.24) is 0 Å². The number of halogens is 3. The van der Waals surface area contributed by atoms with Crippen LogP contribution in [-0.2, 0) is 0 Å². The van der Waals surface area contributed by atoms with Crippen LogP contribution >= 0.6 is 0 Å². The Morgan fingerprint density at radius 1 is 1.44 bits per heavy atom. The molecule has 0 aliphatic heterocycles. The van der Waals surface area contributed by atoms with Crippen LogP contribution in [0.2, 0.25) is 0 Å². The molecule has 0 fully saturated rings. The van der Waals surface area contributed by atoms with Crippen LogP contribution in [0.4, 0.5) is 18.9 Å². The molecule has 0 bridgehead atoms. The fourth-order valence-corrected chi connectivity index (χ4v) is 0.986. The van der Waals surface area contributed by atoms with Gasteiger partial charge in [0.1, 0.15) is 6.29 Å². The first kappa shape index (κ1) is 12.0. The predicted molar refractivity (Wildman–Crippen MR) is 45.1 cm³/mol. The SMILES string of the molecule is O=Cc1cc(OC(F)F)c(F)c([N+](=O)[O-])c1. The molecule has 0 atom stereocenters. The molecule has 0 aliphatic rings. The lowest BCUT2D eigenvalue weighted by Crippen LogP contribution is -2.06.